The second kappa shape index (κ2) is 4.40. The Balaban J connectivity index is 2.48. The molecule has 7 heteroatoms. The molecule has 0 saturated carbocycles. The number of aromatic carboxylic acids is 1. The number of hydrogen-bond acceptors (Lipinski definition) is 5. The minimum absolute atomic E-state index is 0.0489. The number of aromatic nitrogens is 4. The third-order valence-electron chi connectivity index (χ3n) is 2.05. The van der Waals surface area contributed by atoms with Gasteiger partial charge < -0.3 is 5.11 Å². The molecule has 17 heavy (non-hydrogen) atoms. The Bertz CT molecular complexity index is 584. The summed E-state index contributed by atoms with van der Waals surface area (Å²) in [6, 6.07) is 3.21. The molecule has 0 fully saturated rings. The number of rotatable bonds is 3. The molecule has 2 aromatic rings. The van der Waals surface area contributed by atoms with Crippen molar-refractivity contribution < 1.29 is 9.90 Å². The van der Waals surface area contributed by atoms with Gasteiger partial charge in [-0.15, -0.1) is 0 Å². The van der Waals surface area contributed by atoms with Crippen LogP contribution in [0.1, 0.15) is 10.5 Å². The molecule has 2 heterocycles. The maximum atomic E-state index is 10.9. The van der Waals surface area contributed by atoms with Gasteiger partial charge in [-0.3, -0.25) is 9.97 Å². The summed E-state index contributed by atoms with van der Waals surface area (Å²) in [5.74, 6) is -1.14. The first-order valence-electron chi connectivity index (χ1n) is 4.67. The van der Waals surface area contributed by atoms with Crippen molar-refractivity contribution in [3.05, 3.63) is 30.4 Å². The number of nitriles is 1. The lowest BCUT2D eigenvalue weighted by atomic mass is 10.3. The topological polar surface area (TPSA) is 105 Å². The molecule has 0 atom stereocenters. The van der Waals surface area contributed by atoms with Crippen molar-refractivity contribution in [2.24, 2.45) is 0 Å². The van der Waals surface area contributed by atoms with E-state index in [0.29, 0.717) is 11.4 Å². The molecular weight excluding hydrogens is 222 g/mol. The molecule has 2 aromatic heterocycles. The van der Waals surface area contributed by atoms with Crippen molar-refractivity contribution in [3.8, 4) is 17.5 Å². The molecule has 0 aliphatic carbocycles. The molecule has 0 unspecified atom stereocenters. The summed E-state index contributed by atoms with van der Waals surface area (Å²) in [5, 5.41) is 21.5. The van der Waals surface area contributed by atoms with Gasteiger partial charge in [0.2, 0.25) is 0 Å². The summed E-state index contributed by atoms with van der Waals surface area (Å²) < 4.78 is 1.12. The molecular formula is C10H7N5O2. The fourth-order valence-corrected chi connectivity index (χ4v) is 1.33. The van der Waals surface area contributed by atoms with Crippen LogP contribution in [-0.4, -0.2) is 30.8 Å². The van der Waals surface area contributed by atoms with Crippen LogP contribution in [0.3, 0.4) is 0 Å². The van der Waals surface area contributed by atoms with E-state index in [1.54, 1.807) is 0 Å². The van der Waals surface area contributed by atoms with E-state index in [1.807, 2.05) is 6.07 Å². The Morgan fingerprint density at radius 2 is 2.29 bits per heavy atom. The number of carboxylic acids is 1. The van der Waals surface area contributed by atoms with E-state index < -0.39 is 5.97 Å². The molecule has 2 rings (SSSR count). The minimum Gasteiger partial charge on any atom is -0.477 e. The number of carboxylic acid groups (broad SMARTS) is 1. The van der Waals surface area contributed by atoms with Crippen LogP contribution >= 0.6 is 0 Å². The summed E-state index contributed by atoms with van der Waals surface area (Å²) in [4.78, 5) is 18.8. The van der Waals surface area contributed by atoms with Gasteiger partial charge >= 0.3 is 5.97 Å². The van der Waals surface area contributed by atoms with E-state index in [0.717, 1.165) is 4.68 Å². The molecule has 0 radical (unpaired) electrons. The molecule has 0 aromatic carbocycles. The molecule has 7 nitrogen and oxygen atoms in total. The van der Waals surface area contributed by atoms with E-state index in [9.17, 15) is 4.79 Å². The van der Waals surface area contributed by atoms with Crippen LogP contribution in [0.5, 0.6) is 0 Å². The molecule has 1 N–H and O–H groups in total. The third kappa shape index (κ3) is 2.10. The second-order valence-corrected chi connectivity index (χ2v) is 3.13. The predicted octanol–water partition coefficient (Wildman–Crippen LogP) is 0.562. The van der Waals surface area contributed by atoms with Crippen LogP contribution in [0.25, 0.3) is 11.4 Å². The van der Waals surface area contributed by atoms with Crippen molar-refractivity contribution in [2.45, 2.75) is 6.54 Å². The van der Waals surface area contributed by atoms with E-state index in [4.69, 9.17) is 10.4 Å². The third-order valence-corrected chi connectivity index (χ3v) is 2.05. The van der Waals surface area contributed by atoms with Gasteiger partial charge in [0.25, 0.3) is 0 Å². The fourth-order valence-electron chi connectivity index (χ4n) is 1.33. The maximum absolute atomic E-state index is 10.9. The monoisotopic (exact) mass is 229 g/mol. The first-order chi connectivity index (χ1) is 8.22. The molecule has 0 saturated heterocycles. The largest absolute Gasteiger partial charge is 0.477 e. The SMILES string of the molecule is N#CCn1nc(-c2cnccn2)cc1C(=O)O. The normalized spacial score (nSPS) is 9.82. The van der Waals surface area contributed by atoms with Crippen molar-refractivity contribution >= 4 is 5.97 Å². The highest BCUT2D eigenvalue weighted by Crippen LogP contribution is 2.15. The lowest BCUT2D eigenvalue weighted by Crippen LogP contribution is -2.08. The second-order valence-electron chi connectivity index (χ2n) is 3.13. The standard InChI is InChI=1S/C10H7N5O2/c11-1-4-15-9(10(16)17)5-7(14-15)8-6-12-2-3-13-8/h2-3,5-6H,4H2,(H,16,17). The molecule has 0 aliphatic heterocycles. The first-order valence-corrected chi connectivity index (χ1v) is 4.67. The smallest absolute Gasteiger partial charge is 0.354 e. The average Bonchev–Trinajstić information content (AvgIpc) is 2.75. The predicted molar refractivity (Wildman–Crippen MR) is 55.8 cm³/mol. The average molecular weight is 229 g/mol. The van der Waals surface area contributed by atoms with Gasteiger partial charge in [0.05, 0.1) is 12.3 Å². The zero-order chi connectivity index (χ0) is 12.3. The van der Waals surface area contributed by atoms with E-state index in [2.05, 4.69) is 15.1 Å². The highest BCUT2D eigenvalue weighted by Gasteiger charge is 2.15. The number of carbonyl (C=O) groups is 1. The molecule has 0 spiro atoms. The van der Waals surface area contributed by atoms with Gasteiger partial charge in [-0.2, -0.15) is 10.4 Å². The van der Waals surface area contributed by atoms with Gasteiger partial charge in [-0.1, -0.05) is 0 Å². The Kier molecular flexibility index (Phi) is 2.79. The summed E-state index contributed by atoms with van der Waals surface area (Å²) in [6.07, 6.45) is 4.47. The van der Waals surface area contributed by atoms with Gasteiger partial charge in [0.1, 0.15) is 23.6 Å². The van der Waals surface area contributed by atoms with Crippen LogP contribution < -0.4 is 0 Å². The Morgan fingerprint density at radius 3 is 2.88 bits per heavy atom. The van der Waals surface area contributed by atoms with Crippen molar-refractivity contribution in [2.75, 3.05) is 0 Å². The summed E-state index contributed by atoms with van der Waals surface area (Å²) >= 11 is 0. The van der Waals surface area contributed by atoms with Gasteiger partial charge in [-0.25, -0.2) is 9.48 Å². The fraction of sp³-hybridized carbons (Fsp3) is 0.100. The Labute approximate surface area is 96.0 Å². The van der Waals surface area contributed by atoms with Crippen molar-refractivity contribution in [1.29, 1.82) is 5.26 Å². The zero-order valence-corrected chi connectivity index (χ0v) is 8.61. The summed E-state index contributed by atoms with van der Waals surface area (Å²) in [5.41, 5.74) is 0.796. The van der Waals surface area contributed by atoms with Crippen LogP contribution in [0.4, 0.5) is 0 Å². The quantitative estimate of drug-likeness (QED) is 0.824. The van der Waals surface area contributed by atoms with Crippen LogP contribution in [-0.2, 0) is 6.54 Å². The van der Waals surface area contributed by atoms with E-state index in [-0.39, 0.29) is 12.2 Å². The molecule has 84 valence electrons. The molecule has 0 aliphatic rings. The lowest BCUT2D eigenvalue weighted by molar-refractivity contribution is 0.0684. The van der Waals surface area contributed by atoms with Gasteiger partial charge in [-0.05, 0) is 0 Å². The molecule has 0 bridgehead atoms. The van der Waals surface area contributed by atoms with Crippen LogP contribution in [0.15, 0.2) is 24.7 Å². The minimum atomic E-state index is -1.14. The first kappa shape index (κ1) is 10.8. The van der Waals surface area contributed by atoms with Gasteiger partial charge in [0.15, 0.2) is 0 Å². The highest BCUT2D eigenvalue weighted by molar-refractivity contribution is 5.87. The summed E-state index contributed by atoms with van der Waals surface area (Å²) in [6.45, 7) is -0.123. The number of nitrogens with zero attached hydrogens (tertiary/aromatic N) is 5. The molecule has 0 amide bonds. The van der Waals surface area contributed by atoms with E-state index >= 15 is 0 Å². The van der Waals surface area contributed by atoms with Crippen LogP contribution in [0.2, 0.25) is 0 Å². The Morgan fingerprint density at radius 1 is 1.47 bits per heavy atom. The van der Waals surface area contributed by atoms with Crippen molar-refractivity contribution in [1.82, 2.24) is 19.7 Å². The summed E-state index contributed by atoms with van der Waals surface area (Å²) in [7, 11) is 0. The number of hydrogen-bond donors (Lipinski definition) is 1. The van der Waals surface area contributed by atoms with Gasteiger partial charge in [0, 0.05) is 18.5 Å². The Hall–Kier alpha value is -2.75. The lowest BCUT2D eigenvalue weighted by Gasteiger charge is -1.95. The zero-order valence-electron chi connectivity index (χ0n) is 8.61. The maximum Gasteiger partial charge on any atom is 0.354 e. The van der Waals surface area contributed by atoms with Crippen LogP contribution in [0, 0.1) is 11.3 Å². The van der Waals surface area contributed by atoms with Crippen molar-refractivity contribution in [3.63, 3.8) is 0 Å². The highest BCUT2D eigenvalue weighted by atomic mass is 16.4. The van der Waals surface area contributed by atoms with E-state index in [1.165, 1.54) is 24.7 Å².